The molecular formula is C25H25F5N4OS. The molecular weight excluding hydrogens is 499 g/mol. The van der Waals surface area contributed by atoms with Gasteiger partial charge in [0.1, 0.15) is 11.5 Å². The van der Waals surface area contributed by atoms with Gasteiger partial charge in [-0.2, -0.15) is 13.2 Å². The highest BCUT2D eigenvalue weighted by Gasteiger charge is 2.47. The van der Waals surface area contributed by atoms with Crippen molar-refractivity contribution in [2.45, 2.75) is 45.3 Å². The number of pyridine rings is 1. The lowest BCUT2D eigenvalue weighted by Crippen LogP contribution is -2.57. The maximum absolute atomic E-state index is 14.6. The van der Waals surface area contributed by atoms with Gasteiger partial charge in [0.05, 0.1) is 28.0 Å². The van der Waals surface area contributed by atoms with E-state index in [4.69, 9.17) is 0 Å². The SMILES string of the molecule is Cc1nc(C(=O)N2CC(F)(F)C[C@@H](C)[C@H]2CNc2ccc(C(F)(F)F)cn2)c(-c2ccccc2C)s1. The summed E-state index contributed by atoms with van der Waals surface area (Å²) in [7, 11) is 0. The molecule has 0 bridgehead atoms. The Balaban J connectivity index is 1.62. The molecule has 192 valence electrons. The fourth-order valence-corrected chi connectivity index (χ4v) is 5.47. The van der Waals surface area contributed by atoms with Gasteiger partial charge in [0, 0.05) is 19.2 Å². The zero-order chi connectivity index (χ0) is 26.3. The third-order valence-corrected chi connectivity index (χ3v) is 7.25. The van der Waals surface area contributed by atoms with Crippen molar-refractivity contribution in [3.05, 3.63) is 64.4 Å². The molecule has 1 fully saturated rings. The Hall–Kier alpha value is -3.08. The third kappa shape index (κ3) is 5.50. The Morgan fingerprint density at radius 3 is 2.56 bits per heavy atom. The van der Waals surface area contributed by atoms with E-state index in [1.165, 1.54) is 17.4 Å². The summed E-state index contributed by atoms with van der Waals surface area (Å²) in [6.45, 7) is 4.57. The number of aromatic nitrogens is 2. The number of halogens is 5. The Bertz CT molecular complexity index is 1240. The highest BCUT2D eigenvalue weighted by atomic mass is 32.1. The molecule has 0 unspecified atom stereocenters. The van der Waals surface area contributed by atoms with E-state index in [0.29, 0.717) is 16.1 Å². The second-order valence-electron chi connectivity index (χ2n) is 9.07. The van der Waals surface area contributed by atoms with E-state index in [-0.39, 0.29) is 18.1 Å². The number of alkyl halides is 5. The van der Waals surface area contributed by atoms with Crippen LogP contribution in [0.4, 0.5) is 27.8 Å². The fourth-order valence-electron chi connectivity index (χ4n) is 4.47. The van der Waals surface area contributed by atoms with Crippen molar-refractivity contribution in [3.8, 4) is 10.4 Å². The molecule has 1 saturated heterocycles. The molecule has 1 aliphatic rings. The summed E-state index contributed by atoms with van der Waals surface area (Å²) in [4.78, 5) is 23.6. The topological polar surface area (TPSA) is 58.1 Å². The van der Waals surface area contributed by atoms with E-state index in [2.05, 4.69) is 15.3 Å². The number of hydrogen-bond donors (Lipinski definition) is 1. The van der Waals surface area contributed by atoms with Crippen LogP contribution in [0, 0.1) is 19.8 Å². The van der Waals surface area contributed by atoms with Gasteiger partial charge in [-0.3, -0.25) is 4.79 Å². The number of thiazole rings is 1. The number of carbonyl (C=O) groups excluding carboxylic acids is 1. The highest BCUT2D eigenvalue weighted by molar-refractivity contribution is 7.15. The van der Waals surface area contributed by atoms with Gasteiger partial charge >= 0.3 is 6.18 Å². The van der Waals surface area contributed by atoms with Crippen LogP contribution in [0.15, 0.2) is 42.6 Å². The molecule has 36 heavy (non-hydrogen) atoms. The van der Waals surface area contributed by atoms with Crippen molar-refractivity contribution in [1.29, 1.82) is 0 Å². The molecule has 3 aromatic rings. The van der Waals surface area contributed by atoms with Crippen molar-refractivity contribution in [2.24, 2.45) is 5.92 Å². The molecule has 2 aromatic heterocycles. The molecule has 4 rings (SSSR count). The first-order chi connectivity index (χ1) is 16.9. The van der Waals surface area contributed by atoms with Crippen LogP contribution in [-0.4, -0.2) is 45.8 Å². The number of hydrogen-bond acceptors (Lipinski definition) is 5. The number of aryl methyl sites for hydroxylation is 2. The van der Waals surface area contributed by atoms with Crippen LogP contribution in [0.3, 0.4) is 0 Å². The molecule has 0 aliphatic carbocycles. The minimum atomic E-state index is -4.52. The Morgan fingerprint density at radius 1 is 1.19 bits per heavy atom. The number of likely N-dealkylation sites (tertiary alicyclic amines) is 1. The summed E-state index contributed by atoms with van der Waals surface area (Å²) in [5.41, 5.74) is 0.971. The standard InChI is InChI=1S/C25H25F5N4OS/c1-14-6-4-5-7-18(14)22-21(33-16(3)36-22)23(35)34-13-24(26,27)10-15(2)19(34)12-32-20-9-8-17(11-31-20)25(28,29)30/h4-9,11,15,19H,10,12-13H2,1-3H3,(H,31,32)/t15-,19-/m1/s1. The van der Waals surface area contributed by atoms with Crippen LogP contribution in [0.1, 0.15) is 40.0 Å². The van der Waals surface area contributed by atoms with Crippen molar-refractivity contribution < 1.29 is 26.7 Å². The summed E-state index contributed by atoms with van der Waals surface area (Å²) in [6, 6.07) is 8.90. The number of nitrogens with one attached hydrogen (secondary N) is 1. The molecule has 0 radical (unpaired) electrons. The predicted octanol–water partition coefficient (Wildman–Crippen LogP) is 6.44. The fraction of sp³-hybridized carbons (Fsp3) is 0.400. The molecule has 1 aliphatic heterocycles. The largest absolute Gasteiger partial charge is 0.417 e. The van der Waals surface area contributed by atoms with Crippen LogP contribution in [0.25, 0.3) is 10.4 Å². The van der Waals surface area contributed by atoms with Gasteiger partial charge in [-0.05, 0) is 43.0 Å². The van der Waals surface area contributed by atoms with Gasteiger partial charge in [0.25, 0.3) is 11.8 Å². The van der Waals surface area contributed by atoms with Gasteiger partial charge < -0.3 is 10.2 Å². The maximum Gasteiger partial charge on any atom is 0.417 e. The van der Waals surface area contributed by atoms with E-state index in [1.54, 1.807) is 13.8 Å². The van der Waals surface area contributed by atoms with E-state index >= 15 is 0 Å². The predicted molar refractivity (Wildman–Crippen MR) is 128 cm³/mol. The molecule has 11 heteroatoms. The molecule has 1 aromatic carbocycles. The summed E-state index contributed by atoms with van der Waals surface area (Å²) in [5, 5.41) is 3.55. The smallest absolute Gasteiger partial charge is 0.368 e. The van der Waals surface area contributed by atoms with Gasteiger partial charge in [-0.1, -0.05) is 31.2 Å². The first-order valence-corrected chi connectivity index (χ1v) is 12.2. The minimum absolute atomic E-state index is 0.0458. The number of piperidine rings is 1. The van der Waals surface area contributed by atoms with Crippen molar-refractivity contribution in [1.82, 2.24) is 14.9 Å². The quantitative estimate of drug-likeness (QED) is 0.391. The van der Waals surface area contributed by atoms with Crippen LogP contribution in [0.2, 0.25) is 0 Å². The molecule has 0 saturated carbocycles. The van der Waals surface area contributed by atoms with E-state index < -0.39 is 48.5 Å². The second-order valence-corrected chi connectivity index (χ2v) is 10.3. The minimum Gasteiger partial charge on any atom is -0.368 e. The zero-order valence-electron chi connectivity index (χ0n) is 19.9. The average Bonchev–Trinajstić information content (AvgIpc) is 3.18. The molecule has 3 heterocycles. The Labute approximate surface area is 209 Å². The zero-order valence-corrected chi connectivity index (χ0v) is 20.7. The molecule has 5 nitrogen and oxygen atoms in total. The molecule has 1 amide bonds. The number of carbonyl (C=O) groups is 1. The average molecular weight is 525 g/mol. The lowest BCUT2D eigenvalue weighted by molar-refractivity contribution is -0.137. The Morgan fingerprint density at radius 2 is 1.92 bits per heavy atom. The lowest BCUT2D eigenvalue weighted by Gasteiger charge is -2.43. The summed E-state index contributed by atoms with van der Waals surface area (Å²) in [5.74, 6) is -4.10. The number of benzene rings is 1. The maximum atomic E-state index is 14.6. The van der Waals surface area contributed by atoms with Crippen LogP contribution >= 0.6 is 11.3 Å². The summed E-state index contributed by atoms with van der Waals surface area (Å²) >= 11 is 1.33. The van der Waals surface area contributed by atoms with Crippen LogP contribution in [0.5, 0.6) is 0 Å². The van der Waals surface area contributed by atoms with Crippen molar-refractivity contribution >= 4 is 23.1 Å². The number of amides is 1. The second kappa shape index (κ2) is 9.76. The summed E-state index contributed by atoms with van der Waals surface area (Å²) in [6.07, 6.45) is -4.22. The normalized spacial score (nSPS) is 19.8. The molecule has 1 N–H and O–H groups in total. The van der Waals surface area contributed by atoms with Crippen LogP contribution in [-0.2, 0) is 6.18 Å². The first-order valence-electron chi connectivity index (χ1n) is 11.3. The molecule has 0 spiro atoms. The first kappa shape index (κ1) is 26.0. The van der Waals surface area contributed by atoms with Crippen molar-refractivity contribution in [3.63, 3.8) is 0 Å². The van der Waals surface area contributed by atoms with E-state index in [0.717, 1.165) is 22.1 Å². The third-order valence-electron chi connectivity index (χ3n) is 6.25. The molecule has 2 atom stereocenters. The van der Waals surface area contributed by atoms with Gasteiger partial charge in [-0.25, -0.2) is 18.7 Å². The number of nitrogens with zero attached hydrogens (tertiary/aromatic N) is 3. The van der Waals surface area contributed by atoms with Crippen molar-refractivity contribution in [2.75, 3.05) is 18.4 Å². The lowest BCUT2D eigenvalue weighted by atomic mass is 9.88. The van der Waals surface area contributed by atoms with Gasteiger partial charge in [0.15, 0.2) is 0 Å². The van der Waals surface area contributed by atoms with Gasteiger partial charge in [0.2, 0.25) is 0 Å². The van der Waals surface area contributed by atoms with E-state index in [1.807, 2.05) is 31.2 Å². The number of rotatable bonds is 5. The van der Waals surface area contributed by atoms with Gasteiger partial charge in [-0.15, -0.1) is 11.3 Å². The van der Waals surface area contributed by atoms with Crippen LogP contribution < -0.4 is 5.32 Å². The highest BCUT2D eigenvalue weighted by Crippen LogP contribution is 2.38. The number of anilines is 1. The summed E-state index contributed by atoms with van der Waals surface area (Å²) < 4.78 is 67.7. The monoisotopic (exact) mass is 524 g/mol. The Kier molecular flexibility index (Phi) is 7.05. The van der Waals surface area contributed by atoms with E-state index in [9.17, 15) is 26.7 Å².